The molecule has 116 valence electrons. The summed E-state index contributed by atoms with van der Waals surface area (Å²) in [6, 6.07) is 3.19. The van der Waals surface area contributed by atoms with Crippen LogP contribution in [0.4, 0.5) is 13.2 Å². The van der Waals surface area contributed by atoms with Gasteiger partial charge in [0, 0.05) is 23.6 Å². The number of amides is 1. The molecule has 2 rings (SSSR count). The highest BCUT2D eigenvalue weighted by Gasteiger charge is 2.33. The normalized spacial score (nSPS) is 18.8. The van der Waals surface area contributed by atoms with E-state index in [1.54, 1.807) is 4.90 Å². The summed E-state index contributed by atoms with van der Waals surface area (Å²) < 4.78 is 38.8. The van der Waals surface area contributed by atoms with E-state index in [4.69, 9.17) is 0 Å². The van der Waals surface area contributed by atoms with Crippen molar-refractivity contribution in [2.45, 2.75) is 25.6 Å². The fourth-order valence-corrected chi connectivity index (χ4v) is 2.91. The van der Waals surface area contributed by atoms with Crippen molar-refractivity contribution in [1.82, 2.24) is 10.2 Å². The number of carbonyl (C=O) groups excluding carboxylic acids is 1. The number of nitrogens with zero attached hydrogens (tertiary/aromatic N) is 1. The molecule has 1 unspecified atom stereocenters. The molecule has 0 bridgehead atoms. The second-order valence-corrected chi connectivity index (χ2v) is 5.78. The van der Waals surface area contributed by atoms with E-state index in [9.17, 15) is 18.0 Å². The van der Waals surface area contributed by atoms with Crippen LogP contribution < -0.4 is 5.32 Å². The molecule has 1 atom stereocenters. The summed E-state index contributed by atoms with van der Waals surface area (Å²) in [6.07, 6.45) is -3.64. The molecule has 0 aliphatic carbocycles. The quantitative estimate of drug-likeness (QED) is 0.892. The van der Waals surface area contributed by atoms with E-state index in [1.165, 1.54) is 6.07 Å². The minimum atomic E-state index is -4.46. The van der Waals surface area contributed by atoms with E-state index >= 15 is 0 Å². The smallest absolute Gasteiger partial charge is 0.335 e. The van der Waals surface area contributed by atoms with Crippen LogP contribution in [0.25, 0.3) is 0 Å². The number of hydrogen-bond donors (Lipinski definition) is 1. The topological polar surface area (TPSA) is 32.3 Å². The molecule has 1 aliphatic heterocycles. The van der Waals surface area contributed by atoms with Crippen molar-refractivity contribution < 1.29 is 18.0 Å². The first kappa shape index (κ1) is 16.3. The van der Waals surface area contributed by atoms with E-state index in [1.807, 2.05) is 6.92 Å². The van der Waals surface area contributed by atoms with E-state index in [-0.39, 0.29) is 17.5 Å². The minimum Gasteiger partial charge on any atom is -0.335 e. The number of alkyl halides is 3. The second-order valence-electron chi connectivity index (χ2n) is 4.93. The number of halogens is 4. The molecule has 21 heavy (non-hydrogen) atoms. The van der Waals surface area contributed by atoms with Crippen LogP contribution in [0.1, 0.15) is 29.3 Å². The van der Waals surface area contributed by atoms with Crippen molar-refractivity contribution in [1.29, 1.82) is 0 Å². The van der Waals surface area contributed by atoms with Crippen LogP contribution in [-0.2, 0) is 6.18 Å². The molecule has 1 aromatic carbocycles. The molecule has 1 aromatic rings. The maximum atomic E-state index is 12.8. The van der Waals surface area contributed by atoms with Crippen LogP contribution >= 0.6 is 15.9 Å². The molecular formula is C14H16BrF3N2O. The summed E-state index contributed by atoms with van der Waals surface area (Å²) in [7, 11) is 0. The first-order valence-corrected chi connectivity index (χ1v) is 7.52. The van der Waals surface area contributed by atoms with Crippen molar-refractivity contribution in [3.63, 3.8) is 0 Å². The SMILES string of the molecule is CCN(C(=O)c1cc(C(F)(F)F)ccc1Br)C1CCNC1. The lowest BCUT2D eigenvalue weighted by atomic mass is 10.1. The molecule has 1 heterocycles. The van der Waals surface area contributed by atoms with Crippen molar-refractivity contribution >= 4 is 21.8 Å². The molecule has 1 N–H and O–H groups in total. The number of rotatable bonds is 3. The van der Waals surface area contributed by atoms with Gasteiger partial charge in [-0.05, 0) is 54.0 Å². The van der Waals surface area contributed by atoms with E-state index in [0.29, 0.717) is 17.6 Å². The van der Waals surface area contributed by atoms with Crippen molar-refractivity contribution in [3.05, 3.63) is 33.8 Å². The van der Waals surface area contributed by atoms with Crippen LogP contribution in [-0.4, -0.2) is 36.5 Å². The van der Waals surface area contributed by atoms with Crippen LogP contribution in [0.3, 0.4) is 0 Å². The molecular weight excluding hydrogens is 349 g/mol. The fraction of sp³-hybridized carbons (Fsp3) is 0.500. The van der Waals surface area contributed by atoms with Gasteiger partial charge in [0.25, 0.3) is 5.91 Å². The summed E-state index contributed by atoms with van der Waals surface area (Å²) in [6.45, 7) is 3.79. The first-order valence-electron chi connectivity index (χ1n) is 6.73. The van der Waals surface area contributed by atoms with Gasteiger partial charge in [-0.2, -0.15) is 13.2 Å². The maximum Gasteiger partial charge on any atom is 0.416 e. The van der Waals surface area contributed by atoms with Crippen LogP contribution in [0.15, 0.2) is 22.7 Å². The molecule has 0 aromatic heterocycles. The number of hydrogen-bond acceptors (Lipinski definition) is 2. The zero-order valence-electron chi connectivity index (χ0n) is 11.5. The molecule has 3 nitrogen and oxygen atoms in total. The largest absolute Gasteiger partial charge is 0.416 e. The zero-order valence-corrected chi connectivity index (χ0v) is 13.1. The predicted octanol–water partition coefficient (Wildman–Crippen LogP) is 3.29. The highest BCUT2D eigenvalue weighted by Crippen LogP contribution is 2.32. The molecule has 1 saturated heterocycles. The van der Waals surface area contributed by atoms with Crippen LogP contribution in [0, 0.1) is 0 Å². The molecule has 1 fully saturated rings. The summed E-state index contributed by atoms with van der Waals surface area (Å²) in [5, 5.41) is 3.16. The minimum absolute atomic E-state index is 0.0314. The maximum absolute atomic E-state index is 12.8. The van der Waals surface area contributed by atoms with Gasteiger partial charge >= 0.3 is 6.18 Å². The lowest BCUT2D eigenvalue weighted by Gasteiger charge is -2.28. The van der Waals surface area contributed by atoms with Crippen molar-refractivity contribution in [2.24, 2.45) is 0 Å². The Morgan fingerprint density at radius 1 is 1.48 bits per heavy atom. The van der Waals surface area contributed by atoms with Gasteiger partial charge in [0.15, 0.2) is 0 Å². The van der Waals surface area contributed by atoms with Gasteiger partial charge in [0.2, 0.25) is 0 Å². The van der Waals surface area contributed by atoms with Gasteiger partial charge in [-0.1, -0.05) is 0 Å². The average molecular weight is 365 g/mol. The Morgan fingerprint density at radius 3 is 2.71 bits per heavy atom. The van der Waals surface area contributed by atoms with Gasteiger partial charge in [-0.15, -0.1) is 0 Å². The molecule has 0 spiro atoms. The highest BCUT2D eigenvalue weighted by molar-refractivity contribution is 9.10. The Labute approximate surface area is 129 Å². The Bertz CT molecular complexity index is 527. The second kappa shape index (κ2) is 6.36. The third-order valence-corrected chi connectivity index (χ3v) is 4.29. The molecule has 0 radical (unpaired) electrons. The summed E-state index contributed by atoms with van der Waals surface area (Å²) >= 11 is 3.17. The molecule has 0 saturated carbocycles. The number of benzene rings is 1. The van der Waals surface area contributed by atoms with Crippen LogP contribution in [0.5, 0.6) is 0 Å². The van der Waals surface area contributed by atoms with Gasteiger partial charge < -0.3 is 10.2 Å². The third kappa shape index (κ3) is 3.58. The Morgan fingerprint density at radius 2 is 2.19 bits per heavy atom. The van der Waals surface area contributed by atoms with E-state index in [2.05, 4.69) is 21.2 Å². The Balaban J connectivity index is 2.32. The lowest BCUT2D eigenvalue weighted by Crippen LogP contribution is -2.41. The highest BCUT2D eigenvalue weighted by atomic mass is 79.9. The van der Waals surface area contributed by atoms with Gasteiger partial charge in [0.1, 0.15) is 0 Å². The zero-order chi connectivity index (χ0) is 15.6. The molecule has 1 aliphatic rings. The van der Waals surface area contributed by atoms with Gasteiger partial charge in [-0.3, -0.25) is 4.79 Å². The predicted molar refractivity (Wildman–Crippen MR) is 77.1 cm³/mol. The summed E-state index contributed by atoms with van der Waals surface area (Å²) in [4.78, 5) is 14.2. The van der Waals surface area contributed by atoms with E-state index < -0.39 is 11.7 Å². The lowest BCUT2D eigenvalue weighted by molar-refractivity contribution is -0.137. The summed E-state index contributed by atoms with van der Waals surface area (Å²) in [5.74, 6) is -0.371. The Kier molecular flexibility index (Phi) is 4.93. The van der Waals surface area contributed by atoms with Gasteiger partial charge in [-0.25, -0.2) is 0 Å². The third-order valence-electron chi connectivity index (χ3n) is 3.60. The molecule has 7 heteroatoms. The summed E-state index contributed by atoms with van der Waals surface area (Å²) in [5.41, 5.74) is -0.756. The fourth-order valence-electron chi connectivity index (χ4n) is 2.49. The standard InChI is InChI=1S/C14H16BrF3N2O/c1-2-20(10-5-6-19-8-10)13(21)11-7-9(14(16,17)18)3-4-12(11)15/h3-4,7,10,19H,2,5-6,8H2,1H3. The number of nitrogens with one attached hydrogen (secondary N) is 1. The monoisotopic (exact) mass is 364 g/mol. The number of likely N-dealkylation sites (N-methyl/N-ethyl adjacent to an activating group) is 1. The van der Waals surface area contributed by atoms with Gasteiger partial charge in [0.05, 0.1) is 11.1 Å². The number of carbonyl (C=O) groups is 1. The van der Waals surface area contributed by atoms with Crippen LogP contribution in [0.2, 0.25) is 0 Å². The molecule has 1 amide bonds. The van der Waals surface area contributed by atoms with Crippen molar-refractivity contribution in [2.75, 3.05) is 19.6 Å². The van der Waals surface area contributed by atoms with E-state index in [0.717, 1.165) is 25.1 Å². The Hall–Kier alpha value is -1.08. The first-order chi connectivity index (χ1) is 9.84. The van der Waals surface area contributed by atoms with Crippen molar-refractivity contribution in [3.8, 4) is 0 Å². The average Bonchev–Trinajstić information content (AvgIpc) is 2.92.